The van der Waals surface area contributed by atoms with Crippen LogP contribution >= 0.6 is 15.9 Å². The maximum atomic E-state index is 13.6. The van der Waals surface area contributed by atoms with Crippen molar-refractivity contribution in [3.8, 4) is 0 Å². The van der Waals surface area contributed by atoms with Gasteiger partial charge in [0.05, 0.1) is 17.8 Å². The minimum Gasteiger partial charge on any atom is -0.317 e. The Morgan fingerprint density at radius 3 is 2.89 bits per heavy atom. The number of nitrogens with zero attached hydrogens (tertiary/aromatic N) is 2. The van der Waals surface area contributed by atoms with Crippen molar-refractivity contribution in [3.05, 3.63) is 52.0 Å². The summed E-state index contributed by atoms with van der Waals surface area (Å²) in [5.74, 6) is -1.05. The first-order chi connectivity index (χ1) is 8.49. The average Bonchev–Trinajstić information content (AvgIpc) is 2.77. The van der Waals surface area contributed by atoms with Crippen molar-refractivity contribution in [2.24, 2.45) is 12.8 Å². The van der Waals surface area contributed by atoms with Gasteiger partial charge in [0.1, 0.15) is 5.82 Å². The molecule has 0 radical (unpaired) electrons. The van der Waals surface area contributed by atoms with Gasteiger partial charge in [-0.1, -0.05) is 15.9 Å². The quantitative estimate of drug-likeness (QED) is 0.884. The molecule has 1 aromatic carbocycles. The summed E-state index contributed by atoms with van der Waals surface area (Å²) in [5.41, 5.74) is 6.35. The van der Waals surface area contributed by atoms with Crippen LogP contribution in [0.5, 0.6) is 0 Å². The number of carbonyl (C=O) groups is 1. The second kappa shape index (κ2) is 4.99. The molecule has 2 N–H and O–H groups in total. The van der Waals surface area contributed by atoms with Gasteiger partial charge in [0, 0.05) is 23.3 Å². The highest BCUT2D eigenvalue weighted by Gasteiger charge is 2.22. The highest BCUT2D eigenvalue weighted by Crippen LogP contribution is 2.21. The fourth-order valence-corrected chi connectivity index (χ4v) is 1.97. The van der Waals surface area contributed by atoms with Crippen LogP contribution in [0.15, 0.2) is 35.1 Å². The molecular formula is C12H11BrFN3O. The SMILES string of the molecule is Cn1cc(C(N)C(=O)c2cc(Br)ccc2F)cn1. The summed E-state index contributed by atoms with van der Waals surface area (Å²) >= 11 is 3.20. The van der Waals surface area contributed by atoms with Crippen LogP contribution in [0.2, 0.25) is 0 Å². The molecule has 1 atom stereocenters. The number of hydrogen-bond acceptors (Lipinski definition) is 3. The molecule has 4 nitrogen and oxygen atoms in total. The largest absolute Gasteiger partial charge is 0.317 e. The Balaban J connectivity index is 2.33. The Hall–Kier alpha value is -1.53. The van der Waals surface area contributed by atoms with Crippen LogP contribution in [0.3, 0.4) is 0 Å². The van der Waals surface area contributed by atoms with Crippen LogP contribution in [0.4, 0.5) is 4.39 Å². The Labute approximate surface area is 112 Å². The van der Waals surface area contributed by atoms with Gasteiger partial charge in [-0.15, -0.1) is 0 Å². The second-order valence-corrected chi connectivity index (χ2v) is 4.83. The van der Waals surface area contributed by atoms with Crippen LogP contribution in [-0.4, -0.2) is 15.6 Å². The van der Waals surface area contributed by atoms with Crippen molar-refractivity contribution in [1.82, 2.24) is 9.78 Å². The number of hydrogen-bond donors (Lipinski definition) is 1. The summed E-state index contributed by atoms with van der Waals surface area (Å²) in [6.07, 6.45) is 3.14. The van der Waals surface area contributed by atoms with Gasteiger partial charge >= 0.3 is 0 Å². The topological polar surface area (TPSA) is 60.9 Å². The lowest BCUT2D eigenvalue weighted by atomic mass is 10.0. The van der Waals surface area contributed by atoms with Gasteiger partial charge in [-0.2, -0.15) is 5.10 Å². The van der Waals surface area contributed by atoms with Gasteiger partial charge in [0.25, 0.3) is 0 Å². The molecule has 1 heterocycles. The molecule has 6 heteroatoms. The van der Waals surface area contributed by atoms with Crippen molar-refractivity contribution >= 4 is 21.7 Å². The lowest BCUT2D eigenvalue weighted by molar-refractivity contribution is 0.0957. The van der Waals surface area contributed by atoms with Crippen molar-refractivity contribution in [2.45, 2.75) is 6.04 Å². The van der Waals surface area contributed by atoms with Crippen molar-refractivity contribution in [1.29, 1.82) is 0 Å². The van der Waals surface area contributed by atoms with E-state index in [1.807, 2.05) is 0 Å². The summed E-state index contributed by atoms with van der Waals surface area (Å²) in [7, 11) is 1.72. The number of carbonyl (C=O) groups excluding carboxylic acids is 1. The average molecular weight is 312 g/mol. The van der Waals surface area contributed by atoms with Gasteiger partial charge in [-0.3, -0.25) is 9.48 Å². The van der Waals surface area contributed by atoms with Crippen molar-refractivity contribution in [3.63, 3.8) is 0 Å². The third-order valence-electron chi connectivity index (χ3n) is 2.56. The summed E-state index contributed by atoms with van der Waals surface area (Å²) < 4.78 is 15.8. The van der Waals surface area contributed by atoms with Gasteiger partial charge in [-0.25, -0.2) is 4.39 Å². The number of aryl methyl sites for hydroxylation is 1. The first-order valence-electron chi connectivity index (χ1n) is 5.22. The van der Waals surface area contributed by atoms with Gasteiger partial charge in [-0.05, 0) is 18.2 Å². The predicted molar refractivity (Wildman–Crippen MR) is 68.6 cm³/mol. The summed E-state index contributed by atoms with van der Waals surface area (Å²) in [6, 6.07) is 3.27. The zero-order valence-corrected chi connectivity index (χ0v) is 11.2. The first kappa shape index (κ1) is 12.9. The molecule has 1 unspecified atom stereocenters. The summed E-state index contributed by atoms with van der Waals surface area (Å²) in [6.45, 7) is 0. The molecule has 1 aromatic heterocycles. The van der Waals surface area contributed by atoms with E-state index in [4.69, 9.17) is 5.73 Å². The molecule has 0 aliphatic rings. The molecule has 2 aromatic rings. The number of ketones is 1. The molecule has 2 rings (SSSR count). The molecule has 0 spiro atoms. The zero-order valence-electron chi connectivity index (χ0n) is 9.60. The monoisotopic (exact) mass is 311 g/mol. The standard InChI is InChI=1S/C12H11BrFN3O/c1-17-6-7(5-16-17)11(15)12(18)9-4-8(13)2-3-10(9)14/h2-6,11H,15H2,1H3. The maximum Gasteiger partial charge on any atom is 0.187 e. The van der Waals surface area contributed by atoms with Crippen molar-refractivity contribution in [2.75, 3.05) is 0 Å². The number of Topliss-reactive ketones (excluding diaryl/α,β-unsaturated/α-hetero) is 1. The Morgan fingerprint density at radius 1 is 1.56 bits per heavy atom. The minimum absolute atomic E-state index is 0.0271. The van der Waals surface area contributed by atoms with Crippen LogP contribution in [0.25, 0.3) is 0 Å². The number of benzene rings is 1. The zero-order chi connectivity index (χ0) is 13.3. The molecule has 0 bridgehead atoms. The summed E-state index contributed by atoms with van der Waals surface area (Å²) in [5, 5.41) is 3.94. The molecular weight excluding hydrogens is 301 g/mol. The van der Waals surface area contributed by atoms with Crippen molar-refractivity contribution < 1.29 is 9.18 Å². The molecule has 18 heavy (non-hydrogen) atoms. The van der Waals surface area contributed by atoms with E-state index < -0.39 is 17.6 Å². The van der Waals surface area contributed by atoms with E-state index >= 15 is 0 Å². The second-order valence-electron chi connectivity index (χ2n) is 3.91. The molecule has 0 fully saturated rings. The Bertz CT molecular complexity index is 597. The maximum absolute atomic E-state index is 13.6. The van der Waals surface area contributed by atoms with E-state index in [2.05, 4.69) is 21.0 Å². The third-order valence-corrected chi connectivity index (χ3v) is 3.05. The highest BCUT2D eigenvalue weighted by molar-refractivity contribution is 9.10. The lowest BCUT2D eigenvalue weighted by Gasteiger charge is -2.09. The van der Waals surface area contributed by atoms with E-state index in [0.717, 1.165) is 0 Å². The predicted octanol–water partition coefficient (Wildman–Crippen LogP) is 2.20. The van der Waals surface area contributed by atoms with Gasteiger partial charge in [0.15, 0.2) is 5.78 Å². The summed E-state index contributed by atoms with van der Waals surface area (Å²) in [4.78, 5) is 12.1. The fraction of sp³-hybridized carbons (Fsp3) is 0.167. The van der Waals surface area contributed by atoms with Crippen LogP contribution in [-0.2, 0) is 7.05 Å². The molecule has 0 aliphatic heterocycles. The molecule has 0 saturated carbocycles. The molecule has 0 saturated heterocycles. The molecule has 94 valence electrons. The number of halogens is 2. The fourth-order valence-electron chi connectivity index (χ4n) is 1.61. The highest BCUT2D eigenvalue weighted by atomic mass is 79.9. The van der Waals surface area contributed by atoms with Crippen LogP contribution in [0, 0.1) is 5.82 Å². The number of rotatable bonds is 3. The molecule has 0 amide bonds. The first-order valence-corrected chi connectivity index (χ1v) is 6.01. The normalized spacial score (nSPS) is 12.4. The van der Waals surface area contributed by atoms with Crippen LogP contribution < -0.4 is 5.73 Å². The van der Waals surface area contributed by atoms with Gasteiger partial charge in [0.2, 0.25) is 0 Å². The number of aromatic nitrogens is 2. The molecule has 0 aliphatic carbocycles. The Morgan fingerprint density at radius 2 is 2.28 bits per heavy atom. The van der Waals surface area contributed by atoms with E-state index in [1.165, 1.54) is 24.4 Å². The van der Waals surface area contributed by atoms with E-state index in [0.29, 0.717) is 10.0 Å². The van der Waals surface area contributed by atoms with Crippen LogP contribution in [0.1, 0.15) is 22.0 Å². The van der Waals surface area contributed by atoms with E-state index in [-0.39, 0.29) is 5.56 Å². The van der Waals surface area contributed by atoms with E-state index in [9.17, 15) is 9.18 Å². The smallest absolute Gasteiger partial charge is 0.187 e. The van der Waals surface area contributed by atoms with E-state index in [1.54, 1.807) is 17.9 Å². The number of nitrogens with two attached hydrogens (primary N) is 1. The minimum atomic E-state index is -0.914. The third kappa shape index (κ3) is 2.49. The van der Waals surface area contributed by atoms with Gasteiger partial charge < -0.3 is 5.73 Å². The lowest BCUT2D eigenvalue weighted by Crippen LogP contribution is -2.22. The Kier molecular flexibility index (Phi) is 3.58.